The molecular weight excluding hydrogens is 520 g/mol. The van der Waals surface area contributed by atoms with Crippen LogP contribution in [0.5, 0.6) is 0 Å². The lowest BCUT2D eigenvalue weighted by atomic mass is 9.68. The predicted octanol–water partition coefficient (Wildman–Crippen LogP) is 11.6. The molecule has 0 bridgehead atoms. The number of allylic oxidation sites excluding steroid dienone is 1. The van der Waals surface area contributed by atoms with E-state index in [1.807, 2.05) is 0 Å². The van der Waals surface area contributed by atoms with E-state index in [1.54, 1.807) is 48.5 Å². The standard InChI is InChI=1S/C37H42F4/c1-3-5-6-7-30-20-21-31(35(39)34(30)38)28-16-18-29(19-17-28)33-23-22-32(36(40)37(33)41)27-14-12-26(13-15-27)25-10-8-24(4-2)9-11-25/h4,16-27H,2-3,5-15H2,1H3. The molecule has 5 rings (SSSR count). The maximum absolute atomic E-state index is 15.4. The lowest BCUT2D eigenvalue weighted by molar-refractivity contribution is 0.171. The molecule has 2 aliphatic carbocycles. The van der Waals surface area contributed by atoms with E-state index < -0.39 is 23.3 Å². The highest BCUT2D eigenvalue weighted by Crippen LogP contribution is 2.45. The fourth-order valence-corrected chi connectivity index (χ4v) is 7.26. The van der Waals surface area contributed by atoms with Crippen molar-refractivity contribution in [3.63, 3.8) is 0 Å². The van der Waals surface area contributed by atoms with Gasteiger partial charge in [0.25, 0.3) is 0 Å². The summed E-state index contributed by atoms with van der Waals surface area (Å²) in [6.45, 7) is 6.02. The van der Waals surface area contributed by atoms with Gasteiger partial charge < -0.3 is 0 Å². The Balaban J connectivity index is 1.26. The number of benzene rings is 3. The quantitative estimate of drug-likeness (QED) is 0.138. The van der Waals surface area contributed by atoms with Crippen molar-refractivity contribution in [2.24, 2.45) is 17.8 Å². The van der Waals surface area contributed by atoms with Gasteiger partial charge in [-0.25, -0.2) is 17.6 Å². The summed E-state index contributed by atoms with van der Waals surface area (Å²) in [5.41, 5.74) is 2.22. The lowest BCUT2D eigenvalue weighted by Gasteiger charge is -2.37. The molecule has 0 saturated heterocycles. The summed E-state index contributed by atoms with van der Waals surface area (Å²) in [5, 5.41) is 0. The summed E-state index contributed by atoms with van der Waals surface area (Å²) in [6.07, 6.45) is 14.3. The third-order valence-corrected chi connectivity index (χ3v) is 9.86. The number of unbranched alkanes of at least 4 members (excludes halogenated alkanes) is 2. The second-order valence-electron chi connectivity index (χ2n) is 12.3. The van der Waals surface area contributed by atoms with Crippen LogP contribution in [0.15, 0.2) is 61.2 Å². The van der Waals surface area contributed by atoms with Crippen LogP contribution in [0.2, 0.25) is 0 Å². The van der Waals surface area contributed by atoms with Crippen LogP contribution in [0, 0.1) is 41.0 Å². The third-order valence-electron chi connectivity index (χ3n) is 9.86. The zero-order valence-electron chi connectivity index (χ0n) is 24.2. The topological polar surface area (TPSA) is 0 Å². The molecule has 2 fully saturated rings. The van der Waals surface area contributed by atoms with Crippen molar-refractivity contribution in [1.29, 1.82) is 0 Å². The minimum atomic E-state index is -0.868. The first-order chi connectivity index (χ1) is 19.9. The van der Waals surface area contributed by atoms with Gasteiger partial charge >= 0.3 is 0 Å². The summed E-state index contributed by atoms with van der Waals surface area (Å²) in [7, 11) is 0. The van der Waals surface area contributed by atoms with E-state index in [0.29, 0.717) is 40.5 Å². The summed E-state index contributed by atoms with van der Waals surface area (Å²) < 4.78 is 60.3. The molecule has 0 aliphatic heterocycles. The average Bonchev–Trinajstić information content (AvgIpc) is 3.01. The molecule has 0 N–H and O–H groups in total. The highest BCUT2D eigenvalue weighted by molar-refractivity contribution is 5.71. The number of aryl methyl sites for hydroxylation is 1. The summed E-state index contributed by atoms with van der Waals surface area (Å²) in [6, 6.07) is 13.2. The second-order valence-corrected chi connectivity index (χ2v) is 12.3. The van der Waals surface area contributed by atoms with Crippen LogP contribution in [0.1, 0.15) is 94.6 Å². The molecule has 0 atom stereocenters. The van der Waals surface area contributed by atoms with Crippen molar-refractivity contribution in [3.05, 3.63) is 95.6 Å². The Morgan fingerprint density at radius 1 is 0.634 bits per heavy atom. The van der Waals surface area contributed by atoms with E-state index in [-0.39, 0.29) is 17.0 Å². The molecular formula is C37H42F4. The van der Waals surface area contributed by atoms with E-state index in [4.69, 9.17) is 0 Å². The van der Waals surface area contributed by atoms with Gasteiger partial charge in [-0.05, 0) is 110 Å². The van der Waals surface area contributed by atoms with Gasteiger partial charge in [0.05, 0.1) is 0 Å². The minimum Gasteiger partial charge on any atom is -0.203 e. The Hall–Kier alpha value is -2.88. The highest BCUT2D eigenvalue weighted by Gasteiger charge is 2.32. The Kier molecular flexibility index (Phi) is 9.68. The molecule has 3 aromatic rings. The van der Waals surface area contributed by atoms with E-state index >= 15 is 8.78 Å². The van der Waals surface area contributed by atoms with E-state index in [9.17, 15) is 8.78 Å². The van der Waals surface area contributed by atoms with Gasteiger partial charge in [0.2, 0.25) is 0 Å². The molecule has 41 heavy (non-hydrogen) atoms. The zero-order chi connectivity index (χ0) is 28.9. The van der Waals surface area contributed by atoms with Crippen molar-refractivity contribution >= 4 is 0 Å². The normalized spacial score (nSPS) is 23.0. The first kappa shape index (κ1) is 29.6. The second kappa shape index (κ2) is 13.4. The number of hydrogen-bond donors (Lipinski definition) is 0. The lowest BCUT2D eigenvalue weighted by Crippen LogP contribution is -2.25. The Bertz CT molecular complexity index is 1330. The zero-order valence-corrected chi connectivity index (χ0v) is 24.2. The molecule has 0 aromatic heterocycles. The van der Waals surface area contributed by atoms with E-state index in [1.165, 1.54) is 25.7 Å². The van der Waals surface area contributed by atoms with Gasteiger partial charge in [-0.1, -0.05) is 74.4 Å². The van der Waals surface area contributed by atoms with Crippen molar-refractivity contribution < 1.29 is 17.6 Å². The third kappa shape index (κ3) is 6.47. The predicted molar refractivity (Wildman–Crippen MR) is 161 cm³/mol. The molecule has 0 spiro atoms. The average molecular weight is 563 g/mol. The Morgan fingerprint density at radius 2 is 1.17 bits per heavy atom. The molecule has 0 amide bonds. The Morgan fingerprint density at radius 3 is 1.73 bits per heavy atom. The van der Waals surface area contributed by atoms with Crippen LogP contribution in [-0.4, -0.2) is 0 Å². The van der Waals surface area contributed by atoms with Gasteiger partial charge in [-0.3, -0.25) is 0 Å². The van der Waals surface area contributed by atoms with Crippen molar-refractivity contribution in [1.82, 2.24) is 0 Å². The maximum Gasteiger partial charge on any atom is 0.166 e. The molecule has 0 unspecified atom stereocenters. The SMILES string of the molecule is C=CC1CCC(C2CCC(c3ccc(-c4ccc(-c5ccc(CCCCC)c(F)c5F)cc4)c(F)c3F)CC2)CC1. The monoisotopic (exact) mass is 562 g/mol. The fraction of sp³-hybridized carbons (Fsp3) is 0.459. The van der Waals surface area contributed by atoms with Crippen LogP contribution in [0.3, 0.4) is 0 Å². The van der Waals surface area contributed by atoms with Crippen LogP contribution >= 0.6 is 0 Å². The van der Waals surface area contributed by atoms with Crippen LogP contribution < -0.4 is 0 Å². The van der Waals surface area contributed by atoms with Gasteiger partial charge in [-0.15, -0.1) is 6.58 Å². The summed E-state index contributed by atoms with van der Waals surface area (Å²) >= 11 is 0. The number of halogens is 4. The molecule has 3 aromatic carbocycles. The van der Waals surface area contributed by atoms with Crippen LogP contribution in [-0.2, 0) is 6.42 Å². The van der Waals surface area contributed by atoms with Gasteiger partial charge in [0.1, 0.15) is 0 Å². The molecule has 2 aliphatic rings. The molecule has 4 heteroatoms. The number of rotatable bonds is 9. The van der Waals surface area contributed by atoms with Crippen molar-refractivity contribution in [3.8, 4) is 22.3 Å². The molecule has 0 heterocycles. The molecule has 2 saturated carbocycles. The fourth-order valence-electron chi connectivity index (χ4n) is 7.26. The van der Waals surface area contributed by atoms with E-state index in [0.717, 1.165) is 50.9 Å². The molecule has 0 radical (unpaired) electrons. The number of hydrogen-bond acceptors (Lipinski definition) is 0. The van der Waals surface area contributed by atoms with Gasteiger partial charge in [0, 0.05) is 11.1 Å². The molecule has 218 valence electrons. The van der Waals surface area contributed by atoms with Crippen molar-refractivity contribution in [2.75, 3.05) is 0 Å². The van der Waals surface area contributed by atoms with E-state index in [2.05, 4.69) is 19.6 Å². The molecule has 0 nitrogen and oxygen atoms in total. The smallest absolute Gasteiger partial charge is 0.166 e. The first-order valence-corrected chi connectivity index (χ1v) is 15.6. The Labute approximate surface area is 242 Å². The summed E-state index contributed by atoms with van der Waals surface area (Å²) in [4.78, 5) is 0. The van der Waals surface area contributed by atoms with Crippen molar-refractivity contribution in [2.45, 2.75) is 89.9 Å². The van der Waals surface area contributed by atoms with Crippen LogP contribution in [0.4, 0.5) is 17.6 Å². The maximum atomic E-state index is 15.4. The van der Waals surface area contributed by atoms with Gasteiger partial charge in [-0.2, -0.15) is 0 Å². The highest BCUT2D eigenvalue weighted by atomic mass is 19.2. The largest absolute Gasteiger partial charge is 0.203 e. The first-order valence-electron chi connectivity index (χ1n) is 15.6. The van der Waals surface area contributed by atoms with Gasteiger partial charge in [0.15, 0.2) is 23.3 Å². The minimum absolute atomic E-state index is 0.0458. The summed E-state index contributed by atoms with van der Waals surface area (Å²) in [5.74, 6) is -1.11. The van der Waals surface area contributed by atoms with Crippen LogP contribution in [0.25, 0.3) is 22.3 Å².